The van der Waals surface area contributed by atoms with Gasteiger partial charge < -0.3 is 14.6 Å². The summed E-state index contributed by atoms with van der Waals surface area (Å²) in [6.45, 7) is 1.25. The molecule has 0 fully saturated rings. The molecule has 31 heavy (non-hydrogen) atoms. The lowest BCUT2D eigenvalue weighted by molar-refractivity contribution is -0.144. The Kier molecular flexibility index (Phi) is 7.16. The van der Waals surface area contributed by atoms with Crippen molar-refractivity contribution in [2.24, 2.45) is 7.05 Å². The average Bonchev–Trinajstić information content (AvgIpc) is 2.64. The lowest BCUT2D eigenvalue weighted by Gasteiger charge is -2.16. The number of hydrogen-bond acceptors (Lipinski definition) is 5. The van der Waals surface area contributed by atoms with Gasteiger partial charge in [0.1, 0.15) is 29.6 Å². The van der Waals surface area contributed by atoms with Crippen molar-refractivity contribution in [1.82, 2.24) is 9.13 Å². The maximum atomic E-state index is 14.5. The first-order valence-electron chi connectivity index (χ1n) is 8.45. The minimum Gasteiger partial charge on any atom is -0.494 e. The Balaban J connectivity index is 2.56. The smallest absolute Gasteiger partial charge is 0.431 e. The normalized spacial score (nSPS) is 12.0. The molecule has 2 rings (SSSR count). The van der Waals surface area contributed by atoms with E-state index in [-0.39, 0.29) is 38.3 Å². The molecule has 0 aliphatic rings. The first-order chi connectivity index (χ1) is 14.4. The second-order valence-corrected chi connectivity index (χ2v) is 6.35. The summed E-state index contributed by atoms with van der Waals surface area (Å²) < 4.78 is 64.1. The number of carboxylic acids is 1. The molecular formula is C18H15ClF4N2O6. The van der Waals surface area contributed by atoms with Gasteiger partial charge in [-0.1, -0.05) is 11.6 Å². The number of carboxylic acid groups (broad SMARTS) is 1. The lowest BCUT2D eigenvalue weighted by atomic mass is 10.2. The third kappa shape index (κ3) is 5.45. The molecule has 0 bridgehead atoms. The Morgan fingerprint density at radius 3 is 2.45 bits per heavy atom. The van der Waals surface area contributed by atoms with Crippen molar-refractivity contribution >= 4 is 17.6 Å². The van der Waals surface area contributed by atoms with E-state index in [0.717, 1.165) is 19.2 Å². The fourth-order valence-electron chi connectivity index (χ4n) is 2.52. The summed E-state index contributed by atoms with van der Waals surface area (Å²) in [4.78, 5) is 35.4. The van der Waals surface area contributed by atoms with Crippen LogP contribution in [0.1, 0.15) is 12.6 Å². The van der Waals surface area contributed by atoms with Crippen molar-refractivity contribution in [1.29, 1.82) is 0 Å². The first kappa shape index (κ1) is 24.0. The Bertz CT molecular complexity index is 1150. The van der Waals surface area contributed by atoms with E-state index in [1.54, 1.807) is 6.92 Å². The first-order valence-corrected chi connectivity index (χ1v) is 8.83. The molecule has 1 heterocycles. The molecule has 0 radical (unpaired) electrons. The maximum Gasteiger partial charge on any atom is 0.431 e. The Morgan fingerprint density at radius 1 is 1.26 bits per heavy atom. The van der Waals surface area contributed by atoms with Crippen LogP contribution in [0.2, 0.25) is 5.02 Å². The summed E-state index contributed by atoms with van der Waals surface area (Å²) in [6, 6.07) is 1.67. The van der Waals surface area contributed by atoms with Gasteiger partial charge in [-0.2, -0.15) is 13.2 Å². The van der Waals surface area contributed by atoms with Crippen molar-refractivity contribution in [3.05, 3.63) is 67.4 Å². The maximum absolute atomic E-state index is 14.5. The molecule has 2 aromatic rings. The molecule has 1 aromatic heterocycles. The van der Waals surface area contributed by atoms with E-state index >= 15 is 0 Å². The van der Waals surface area contributed by atoms with E-state index in [0.29, 0.717) is 6.07 Å². The fourth-order valence-corrected chi connectivity index (χ4v) is 2.72. The van der Waals surface area contributed by atoms with E-state index in [1.807, 2.05) is 0 Å². The topological polar surface area (TPSA) is 99.8 Å². The van der Waals surface area contributed by atoms with Gasteiger partial charge >= 0.3 is 17.8 Å². The number of ether oxygens (including phenoxy) is 2. The molecule has 0 aliphatic carbocycles. The van der Waals surface area contributed by atoms with Gasteiger partial charge in [-0.3, -0.25) is 9.36 Å². The highest BCUT2D eigenvalue weighted by Gasteiger charge is 2.35. The minimum atomic E-state index is -4.98. The zero-order valence-electron chi connectivity index (χ0n) is 16.0. The molecule has 1 aromatic carbocycles. The van der Waals surface area contributed by atoms with E-state index in [2.05, 4.69) is 0 Å². The zero-order valence-corrected chi connectivity index (χ0v) is 16.8. The molecular weight excluding hydrogens is 452 g/mol. The highest BCUT2D eigenvalue weighted by Crippen LogP contribution is 2.30. The predicted molar refractivity (Wildman–Crippen MR) is 100 cm³/mol. The van der Waals surface area contributed by atoms with E-state index in [4.69, 9.17) is 26.2 Å². The van der Waals surface area contributed by atoms with Crippen molar-refractivity contribution in [3.8, 4) is 11.4 Å². The van der Waals surface area contributed by atoms with Crippen molar-refractivity contribution in [2.75, 3.05) is 13.2 Å². The second-order valence-electron chi connectivity index (χ2n) is 5.95. The molecule has 168 valence electrons. The van der Waals surface area contributed by atoms with Gasteiger partial charge in [-0.15, -0.1) is 0 Å². The van der Waals surface area contributed by atoms with Crippen LogP contribution in [0.4, 0.5) is 17.6 Å². The van der Waals surface area contributed by atoms with Crippen LogP contribution in [0.3, 0.4) is 0 Å². The predicted octanol–water partition coefficient (Wildman–Crippen LogP) is 2.73. The fraction of sp³-hybridized carbons (Fsp3) is 0.278. The van der Waals surface area contributed by atoms with Crippen LogP contribution in [0, 0.1) is 5.82 Å². The van der Waals surface area contributed by atoms with Gasteiger partial charge in [-0.25, -0.2) is 18.5 Å². The summed E-state index contributed by atoms with van der Waals surface area (Å²) >= 11 is 5.89. The van der Waals surface area contributed by atoms with Gasteiger partial charge in [0, 0.05) is 19.2 Å². The summed E-state index contributed by atoms with van der Waals surface area (Å²) in [6.07, 6.45) is -4.26. The third-order valence-corrected chi connectivity index (χ3v) is 4.13. The Labute approximate surface area is 176 Å². The van der Waals surface area contributed by atoms with Gasteiger partial charge in [0.25, 0.3) is 5.56 Å². The zero-order chi connectivity index (χ0) is 23.5. The number of benzene rings is 1. The number of carbonyl (C=O) groups is 1. The second kappa shape index (κ2) is 9.25. The lowest BCUT2D eigenvalue weighted by Crippen LogP contribution is -2.41. The number of hydrogen-bond donors (Lipinski definition) is 1. The van der Waals surface area contributed by atoms with Gasteiger partial charge in [0.05, 0.1) is 23.4 Å². The standard InChI is InChI=1S/C18H15ClF4N2O6/c1-3-30-9(4-16(27)28)8-31-13-6-12(11(20)5-10(13)19)25-15(26)7-14(18(21,22)23)24(2)17(25)29/h4-7H,3,8H2,1-2H3,(H,27,28)/b9-4-. The number of rotatable bonds is 7. The molecule has 0 atom stereocenters. The summed E-state index contributed by atoms with van der Waals surface area (Å²) in [5.41, 5.74) is -5.10. The van der Waals surface area contributed by atoms with E-state index in [9.17, 15) is 31.9 Å². The van der Waals surface area contributed by atoms with E-state index in [1.165, 1.54) is 0 Å². The van der Waals surface area contributed by atoms with Crippen molar-refractivity contribution < 1.29 is 36.9 Å². The quantitative estimate of drug-likeness (QED) is 0.383. The van der Waals surface area contributed by atoms with Crippen molar-refractivity contribution in [3.63, 3.8) is 0 Å². The number of halogens is 5. The molecule has 13 heteroatoms. The Morgan fingerprint density at radius 2 is 1.90 bits per heavy atom. The van der Waals surface area contributed by atoms with Crippen LogP contribution >= 0.6 is 11.6 Å². The molecule has 0 saturated carbocycles. The van der Waals surface area contributed by atoms with Gasteiger partial charge in [-0.05, 0) is 13.0 Å². The Hall–Kier alpha value is -3.28. The SMILES string of the molecule is CCO/C(=C\C(=O)O)COc1cc(-n2c(=O)cc(C(F)(F)F)n(C)c2=O)c(F)cc1Cl. The summed E-state index contributed by atoms with van der Waals surface area (Å²) in [7, 11) is 0.775. The third-order valence-electron chi connectivity index (χ3n) is 3.84. The van der Waals surface area contributed by atoms with Gasteiger partial charge in [0.2, 0.25) is 0 Å². The summed E-state index contributed by atoms with van der Waals surface area (Å²) in [5.74, 6) is -2.89. The molecule has 0 spiro atoms. The highest BCUT2D eigenvalue weighted by atomic mass is 35.5. The molecule has 1 N–H and O–H groups in total. The number of aliphatic carboxylic acids is 1. The van der Waals surface area contributed by atoms with Crippen molar-refractivity contribution in [2.45, 2.75) is 13.1 Å². The van der Waals surface area contributed by atoms with E-state index < -0.39 is 47.2 Å². The van der Waals surface area contributed by atoms with Crippen LogP contribution < -0.4 is 16.0 Å². The monoisotopic (exact) mass is 466 g/mol. The number of alkyl halides is 3. The molecule has 0 amide bonds. The molecule has 0 unspecified atom stereocenters. The minimum absolute atomic E-state index is 0.112. The number of nitrogens with zero attached hydrogens (tertiary/aromatic N) is 2. The molecule has 0 saturated heterocycles. The molecule has 0 aliphatic heterocycles. The van der Waals surface area contributed by atoms with Crippen LogP contribution in [-0.2, 0) is 22.8 Å². The van der Waals surface area contributed by atoms with Gasteiger partial charge in [0.15, 0.2) is 0 Å². The summed E-state index contributed by atoms with van der Waals surface area (Å²) in [5, 5.41) is 8.51. The van der Waals surface area contributed by atoms with Crippen LogP contribution in [0.25, 0.3) is 5.69 Å². The highest BCUT2D eigenvalue weighted by molar-refractivity contribution is 6.32. The molecule has 8 nitrogen and oxygen atoms in total. The van der Waals surface area contributed by atoms with Crippen LogP contribution in [-0.4, -0.2) is 33.4 Å². The van der Waals surface area contributed by atoms with Crippen LogP contribution in [0.15, 0.2) is 39.6 Å². The number of aromatic nitrogens is 2. The largest absolute Gasteiger partial charge is 0.494 e. The average molecular weight is 467 g/mol. The van der Waals surface area contributed by atoms with Crippen LogP contribution in [0.5, 0.6) is 5.75 Å².